The molecule has 106 valence electrons. The smallest absolute Gasteiger partial charge is 0.269 e. The summed E-state index contributed by atoms with van der Waals surface area (Å²) >= 11 is 0. The summed E-state index contributed by atoms with van der Waals surface area (Å²) in [7, 11) is 0. The molecule has 0 saturated carbocycles. The number of carbonyl (C=O) groups is 1. The maximum absolute atomic E-state index is 11.3. The summed E-state index contributed by atoms with van der Waals surface area (Å²) in [4.78, 5) is 20.7. The minimum atomic E-state index is -0.492. The van der Waals surface area contributed by atoms with Crippen LogP contribution in [0.15, 0.2) is 30.3 Å². The second-order valence-electron chi connectivity index (χ2n) is 5.41. The molecule has 0 aromatic heterocycles. The van der Waals surface area contributed by atoms with Crippen LogP contribution in [-0.4, -0.2) is 11.6 Å². The van der Waals surface area contributed by atoms with E-state index in [0.29, 0.717) is 6.42 Å². The fourth-order valence-corrected chi connectivity index (χ4v) is 1.44. The summed E-state index contributed by atoms with van der Waals surface area (Å²) in [5.41, 5.74) is 0.788. The normalized spacial score (nSPS) is 11.3. The first kappa shape index (κ1) is 15.7. The lowest BCUT2D eigenvalue weighted by molar-refractivity contribution is -0.514. The zero-order valence-electron chi connectivity index (χ0n) is 11.8. The van der Waals surface area contributed by atoms with Gasteiger partial charge in [-0.3, -0.25) is 4.89 Å². The van der Waals surface area contributed by atoms with Crippen molar-refractivity contribution in [3.05, 3.63) is 35.9 Å². The highest BCUT2D eigenvalue weighted by Gasteiger charge is 2.13. The molecule has 1 rings (SSSR count). The fraction of sp³-hybridized carbons (Fsp3) is 0.533. The maximum atomic E-state index is 11.3. The number of benzene rings is 1. The molecule has 0 spiro atoms. The topological polar surface area (TPSA) is 44.8 Å². The molecule has 0 atom stereocenters. The van der Waals surface area contributed by atoms with Gasteiger partial charge in [0.15, 0.2) is 0 Å². The van der Waals surface area contributed by atoms with Gasteiger partial charge in [0, 0.05) is 6.42 Å². The van der Waals surface area contributed by atoms with Crippen LogP contribution in [0.25, 0.3) is 0 Å². The first-order valence-corrected chi connectivity index (χ1v) is 6.56. The molecule has 0 unspecified atom stereocenters. The van der Waals surface area contributed by atoms with E-state index in [-0.39, 0.29) is 0 Å². The molecular formula is C15H22O4. The summed E-state index contributed by atoms with van der Waals surface area (Å²) in [6.45, 7) is 5.42. The van der Waals surface area contributed by atoms with Crippen LogP contribution in [-0.2, 0) is 26.0 Å². The Balaban J connectivity index is 2.05. The summed E-state index contributed by atoms with van der Waals surface area (Å²) < 4.78 is 0. The van der Waals surface area contributed by atoms with Gasteiger partial charge in [0.2, 0.25) is 0 Å². The van der Waals surface area contributed by atoms with E-state index in [2.05, 4.69) is 22.1 Å². The number of aryl methyl sites for hydroxylation is 1. The molecule has 0 amide bonds. The van der Waals surface area contributed by atoms with Crippen molar-refractivity contribution < 1.29 is 19.6 Å². The Hall–Kier alpha value is -1.39. The van der Waals surface area contributed by atoms with E-state index in [1.807, 2.05) is 18.2 Å². The molecule has 0 N–H and O–H groups in total. The summed E-state index contributed by atoms with van der Waals surface area (Å²) in [5.74, 6) is -0.405. The molecular weight excluding hydrogens is 244 g/mol. The van der Waals surface area contributed by atoms with E-state index in [1.54, 1.807) is 20.8 Å². The van der Waals surface area contributed by atoms with Gasteiger partial charge < -0.3 is 0 Å². The molecule has 0 saturated heterocycles. The van der Waals surface area contributed by atoms with Gasteiger partial charge in [0.05, 0.1) is 5.60 Å². The molecule has 0 fully saturated rings. The van der Waals surface area contributed by atoms with Gasteiger partial charge in [-0.05, 0) is 50.6 Å². The Kier molecular flexibility index (Phi) is 6.53. The van der Waals surface area contributed by atoms with Crippen LogP contribution in [0, 0.1) is 0 Å². The van der Waals surface area contributed by atoms with Crippen LogP contribution in [0.4, 0.5) is 0 Å². The van der Waals surface area contributed by atoms with Crippen molar-refractivity contribution in [3.8, 4) is 0 Å². The quantitative estimate of drug-likeness (QED) is 0.429. The van der Waals surface area contributed by atoms with Crippen molar-refractivity contribution in [1.29, 1.82) is 0 Å². The van der Waals surface area contributed by atoms with E-state index in [0.717, 1.165) is 19.3 Å². The van der Waals surface area contributed by atoms with Crippen molar-refractivity contribution in [1.82, 2.24) is 0 Å². The van der Waals surface area contributed by atoms with E-state index >= 15 is 0 Å². The van der Waals surface area contributed by atoms with Crippen LogP contribution in [0.1, 0.15) is 45.6 Å². The minimum absolute atomic E-state index is 0.334. The van der Waals surface area contributed by atoms with E-state index in [1.165, 1.54) is 5.56 Å². The van der Waals surface area contributed by atoms with Gasteiger partial charge in [-0.2, -0.15) is 4.89 Å². The summed E-state index contributed by atoms with van der Waals surface area (Å²) in [6.07, 6.45) is 3.01. The molecule has 4 nitrogen and oxygen atoms in total. The van der Waals surface area contributed by atoms with E-state index in [4.69, 9.17) is 4.89 Å². The Morgan fingerprint density at radius 2 is 1.79 bits per heavy atom. The van der Waals surface area contributed by atoms with Crippen molar-refractivity contribution in [2.24, 2.45) is 0 Å². The molecule has 0 aliphatic heterocycles. The molecule has 19 heavy (non-hydrogen) atoms. The predicted molar refractivity (Wildman–Crippen MR) is 72.0 cm³/mol. The average Bonchev–Trinajstić information content (AvgIpc) is 2.34. The molecule has 0 bridgehead atoms. The van der Waals surface area contributed by atoms with E-state index < -0.39 is 11.6 Å². The highest BCUT2D eigenvalue weighted by molar-refractivity contribution is 5.68. The van der Waals surface area contributed by atoms with Crippen molar-refractivity contribution >= 4 is 5.97 Å². The SMILES string of the molecule is CC(C)(C)OOOC(=O)CCCCc1ccccc1. The zero-order valence-corrected chi connectivity index (χ0v) is 11.8. The molecule has 0 radical (unpaired) electrons. The van der Waals surface area contributed by atoms with Gasteiger partial charge in [0.25, 0.3) is 0 Å². The third-order valence-electron chi connectivity index (χ3n) is 2.35. The monoisotopic (exact) mass is 266 g/mol. The molecule has 1 aromatic carbocycles. The number of unbranched alkanes of at least 4 members (excludes halogenated alkanes) is 1. The molecule has 0 aliphatic carbocycles. The summed E-state index contributed by atoms with van der Waals surface area (Å²) in [6, 6.07) is 10.2. The lowest BCUT2D eigenvalue weighted by Gasteiger charge is -2.15. The Labute approximate surface area is 114 Å². The number of hydrogen-bond donors (Lipinski definition) is 0. The first-order valence-electron chi connectivity index (χ1n) is 6.56. The standard InChI is InChI=1S/C15H22O4/c1-15(2,3)18-19-17-14(16)12-8-7-11-13-9-5-4-6-10-13/h4-6,9-10H,7-8,11-12H2,1-3H3. The minimum Gasteiger partial charge on any atom is -0.269 e. The third-order valence-corrected chi connectivity index (χ3v) is 2.35. The number of hydrogen-bond acceptors (Lipinski definition) is 4. The van der Waals surface area contributed by atoms with Gasteiger partial charge in [-0.25, -0.2) is 4.79 Å². The van der Waals surface area contributed by atoms with Gasteiger partial charge >= 0.3 is 5.97 Å². The molecule has 0 aliphatic rings. The second kappa shape index (κ2) is 7.92. The number of rotatable bonds is 7. The summed E-state index contributed by atoms with van der Waals surface area (Å²) in [5, 5.41) is 4.43. The zero-order chi connectivity index (χ0) is 14.1. The third kappa shape index (κ3) is 8.35. The first-order chi connectivity index (χ1) is 8.97. The van der Waals surface area contributed by atoms with Crippen LogP contribution in [0.3, 0.4) is 0 Å². The average molecular weight is 266 g/mol. The van der Waals surface area contributed by atoms with Crippen molar-refractivity contribution in [3.63, 3.8) is 0 Å². The van der Waals surface area contributed by atoms with Crippen LogP contribution < -0.4 is 0 Å². The second-order valence-corrected chi connectivity index (χ2v) is 5.41. The van der Waals surface area contributed by atoms with E-state index in [9.17, 15) is 4.79 Å². The van der Waals surface area contributed by atoms with Crippen molar-refractivity contribution in [2.75, 3.05) is 0 Å². The molecule has 4 heteroatoms. The van der Waals surface area contributed by atoms with Crippen LogP contribution in [0.5, 0.6) is 0 Å². The van der Waals surface area contributed by atoms with Gasteiger partial charge in [-0.15, -0.1) is 0 Å². The molecule has 0 heterocycles. The predicted octanol–water partition coefficient (Wildman–Crippen LogP) is 3.60. The lowest BCUT2D eigenvalue weighted by atomic mass is 10.1. The number of carbonyl (C=O) groups excluding carboxylic acids is 1. The van der Waals surface area contributed by atoms with Crippen LogP contribution >= 0.6 is 0 Å². The highest BCUT2D eigenvalue weighted by Crippen LogP contribution is 2.09. The Bertz CT molecular complexity index is 367. The maximum Gasteiger partial charge on any atom is 0.345 e. The Morgan fingerprint density at radius 1 is 1.11 bits per heavy atom. The highest BCUT2D eigenvalue weighted by atomic mass is 17.5. The fourth-order valence-electron chi connectivity index (χ4n) is 1.44. The van der Waals surface area contributed by atoms with Crippen molar-refractivity contribution in [2.45, 2.75) is 52.1 Å². The Morgan fingerprint density at radius 3 is 2.42 bits per heavy atom. The lowest BCUT2D eigenvalue weighted by Crippen LogP contribution is -2.20. The van der Waals surface area contributed by atoms with Crippen LogP contribution in [0.2, 0.25) is 0 Å². The largest absolute Gasteiger partial charge is 0.345 e. The molecule has 1 aromatic rings. The van der Waals surface area contributed by atoms with Gasteiger partial charge in [0.1, 0.15) is 0 Å². The van der Waals surface area contributed by atoms with Gasteiger partial charge in [-0.1, -0.05) is 30.3 Å².